The van der Waals surface area contributed by atoms with Gasteiger partial charge in [0.15, 0.2) is 0 Å². The Balaban J connectivity index is 1.96. The smallest absolute Gasteiger partial charge is 0.406 e. The van der Waals surface area contributed by atoms with Crippen molar-refractivity contribution in [2.45, 2.75) is 25.8 Å². The maximum atomic E-state index is 10.8. The Labute approximate surface area is 110 Å². The summed E-state index contributed by atoms with van der Waals surface area (Å²) >= 11 is 0. The van der Waals surface area contributed by atoms with Gasteiger partial charge in [-0.1, -0.05) is 0 Å². The zero-order chi connectivity index (χ0) is 13.8. The topological polar surface area (TPSA) is 86.1 Å². The maximum absolute atomic E-state index is 10.8. The lowest BCUT2D eigenvalue weighted by molar-refractivity contribution is -0.388. The third kappa shape index (κ3) is 3.12. The van der Waals surface area contributed by atoms with Gasteiger partial charge < -0.3 is 19.8 Å². The molecule has 2 heterocycles. The normalized spacial score (nSPS) is 12.3. The van der Waals surface area contributed by atoms with Crippen LogP contribution in [0.15, 0.2) is 29.1 Å². The summed E-state index contributed by atoms with van der Waals surface area (Å²) in [5.74, 6) is 1.19. The second-order valence-electron chi connectivity index (χ2n) is 4.45. The lowest BCUT2D eigenvalue weighted by atomic mass is 10.1. The minimum Gasteiger partial charge on any atom is -0.469 e. The van der Waals surface area contributed by atoms with Crippen molar-refractivity contribution in [3.63, 3.8) is 0 Å². The van der Waals surface area contributed by atoms with Gasteiger partial charge in [0.2, 0.25) is 12.1 Å². The third-order valence-corrected chi connectivity index (χ3v) is 2.88. The predicted molar refractivity (Wildman–Crippen MR) is 70.0 cm³/mol. The van der Waals surface area contributed by atoms with Gasteiger partial charge in [-0.15, -0.1) is 0 Å². The summed E-state index contributed by atoms with van der Waals surface area (Å²) in [5, 5.41) is 14.0. The molecule has 0 bridgehead atoms. The van der Waals surface area contributed by atoms with E-state index >= 15 is 0 Å². The first-order chi connectivity index (χ1) is 9.08. The molecule has 1 unspecified atom stereocenters. The molecule has 2 aromatic rings. The molecule has 7 heteroatoms. The zero-order valence-electron chi connectivity index (χ0n) is 10.9. The lowest BCUT2D eigenvalue weighted by Crippen LogP contribution is -2.18. The largest absolute Gasteiger partial charge is 0.469 e. The summed E-state index contributed by atoms with van der Waals surface area (Å²) in [7, 11) is 1.72. The fraction of sp³-hybridized carbons (Fsp3) is 0.417. The van der Waals surface area contributed by atoms with E-state index in [1.807, 2.05) is 19.1 Å². The van der Waals surface area contributed by atoms with Gasteiger partial charge in [0, 0.05) is 19.5 Å². The van der Waals surface area contributed by atoms with Crippen LogP contribution in [0.25, 0.3) is 0 Å². The molecule has 0 fully saturated rings. The summed E-state index contributed by atoms with van der Waals surface area (Å²) < 4.78 is 6.86. The Morgan fingerprint density at radius 2 is 2.42 bits per heavy atom. The van der Waals surface area contributed by atoms with E-state index in [9.17, 15) is 10.1 Å². The second-order valence-corrected chi connectivity index (χ2v) is 4.45. The van der Waals surface area contributed by atoms with Crippen LogP contribution in [0.1, 0.15) is 19.1 Å². The number of hydrogen-bond acceptors (Lipinski definition) is 5. The molecule has 102 valence electrons. The Kier molecular flexibility index (Phi) is 3.84. The van der Waals surface area contributed by atoms with Crippen molar-refractivity contribution in [1.29, 1.82) is 0 Å². The first-order valence-electron chi connectivity index (χ1n) is 6.02. The monoisotopic (exact) mass is 264 g/mol. The summed E-state index contributed by atoms with van der Waals surface area (Å²) in [5.41, 5.74) is 0. The number of rotatable bonds is 6. The predicted octanol–water partition coefficient (Wildman–Crippen LogP) is 2.35. The number of imidazole rings is 1. The number of nitro groups is 1. The highest BCUT2D eigenvalue weighted by atomic mass is 16.6. The van der Waals surface area contributed by atoms with Gasteiger partial charge in [-0.05, 0) is 35.4 Å². The van der Waals surface area contributed by atoms with Gasteiger partial charge in [-0.3, -0.25) is 4.57 Å². The molecule has 0 aromatic carbocycles. The first-order valence-corrected chi connectivity index (χ1v) is 6.02. The molecule has 0 amide bonds. The highest BCUT2D eigenvalue weighted by Crippen LogP contribution is 2.22. The molecule has 2 rings (SSSR count). The van der Waals surface area contributed by atoms with E-state index in [1.54, 1.807) is 17.9 Å². The van der Waals surface area contributed by atoms with E-state index in [0.717, 1.165) is 18.6 Å². The number of aryl methyl sites for hydroxylation is 2. The second kappa shape index (κ2) is 5.55. The van der Waals surface area contributed by atoms with Gasteiger partial charge >= 0.3 is 5.82 Å². The van der Waals surface area contributed by atoms with E-state index in [0.29, 0.717) is 5.82 Å². The van der Waals surface area contributed by atoms with Crippen LogP contribution in [-0.4, -0.2) is 20.5 Å². The van der Waals surface area contributed by atoms with Crippen LogP contribution in [0.2, 0.25) is 0 Å². The molecule has 19 heavy (non-hydrogen) atoms. The average Bonchev–Trinajstić information content (AvgIpc) is 2.98. The average molecular weight is 264 g/mol. The Morgan fingerprint density at radius 1 is 1.63 bits per heavy atom. The van der Waals surface area contributed by atoms with Crippen molar-refractivity contribution < 1.29 is 9.34 Å². The van der Waals surface area contributed by atoms with Crippen molar-refractivity contribution in [3.8, 4) is 0 Å². The van der Waals surface area contributed by atoms with E-state index in [-0.39, 0.29) is 11.9 Å². The lowest BCUT2D eigenvalue weighted by Gasteiger charge is -2.13. The first kappa shape index (κ1) is 13.1. The molecule has 0 aliphatic rings. The molecule has 7 nitrogen and oxygen atoms in total. The summed E-state index contributed by atoms with van der Waals surface area (Å²) in [4.78, 5) is 14.1. The van der Waals surface area contributed by atoms with E-state index < -0.39 is 4.92 Å². The van der Waals surface area contributed by atoms with Crippen LogP contribution in [0.4, 0.5) is 11.6 Å². The summed E-state index contributed by atoms with van der Waals surface area (Å²) in [6.07, 6.45) is 4.67. The van der Waals surface area contributed by atoms with Crippen molar-refractivity contribution in [2.24, 2.45) is 7.05 Å². The van der Waals surface area contributed by atoms with E-state index in [2.05, 4.69) is 10.3 Å². The molecule has 0 spiro atoms. The fourth-order valence-electron chi connectivity index (χ4n) is 1.84. The number of nitrogens with one attached hydrogen (secondary N) is 1. The molecule has 0 saturated carbocycles. The standard InChI is InChI=1S/C12H16N4O3/c1-9(5-6-10-4-3-7-19-10)14-12-11(16(17)18)13-8-15(12)2/h3-4,7-9,14H,5-6H2,1-2H3. The van der Waals surface area contributed by atoms with Crippen molar-refractivity contribution in [3.05, 3.63) is 40.6 Å². The van der Waals surface area contributed by atoms with Gasteiger partial charge in [0.1, 0.15) is 5.76 Å². The number of furan rings is 1. The molecule has 0 saturated heterocycles. The minimum atomic E-state index is -0.485. The van der Waals surface area contributed by atoms with Gasteiger partial charge in [-0.2, -0.15) is 0 Å². The third-order valence-electron chi connectivity index (χ3n) is 2.88. The molecule has 0 aliphatic heterocycles. The van der Waals surface area contributed by atoms with Crippen LogP contribution in [0, 0.1) is 10.1 Å². The molecule has 1 N–H and O–H groups in total. The molecule has 2 aromatic heterocycles. The minimum absolute atomic E-state index is 0.0826. The van der Waals surface area contributed by atoms with Crippen molar-refractivity contribution >= 4 is 11.6 Å². The van der Waals surface area contributed by atoms with Crippen LogP contribution in [0.3, 0.4) is 0 Å². The number of anilines is 1. The Morgan fingerprint density at radius 3 is 3.05 bits per heavy atom. The van der Waals surface area contributed by atoms with Crippen LogP contribution in [-0.2, 0) is 13.5 Å². The van der Waals surface area contributed by atoms with Gasteiger partial charge in [0.05, 0.1) is 6.26 Å². The van der Waals surface area contributed by atoms with E-state index in [1.165, 1.54) is 6.33 Å². The Bertz CT molecular complexity index is 547. The van der Waals surface area contributed by atoms with Crippen LogP contribution < -0.4 is 5.32 Å². The number of aromatic nitrogens is 2. The Hall–Kier alpha value is -2.31. The fourth-order valence-corrected chi connectivity index (χ4v) is 1.84. The SMILES string of the molecule is CC(CCc1ccco1)Nc1c([N+](=O)[O-])ncn1C. The highest BCUT2D eigenvalue weighted by molar-refractivity contribution is 5.52. The maximum Gasteiger partial charge on any atom is 0.406 e. The number of hydrogen-bond donors (Lipinski definition) is 1. The van der Waals surface area contributed by atoms with Crippen LogP contribution in [0.5, 0.6) is 0 Å². The van der Waals surface area contributed by atoms with Crippen LogP contribution >= 0.6 is 0 Å². The molecular formula is C12H16N4O3. The number of nitrogens with zero attached hydrogens (tertiary/aromatic N) is 3. The molecule has 0 radical (unpaired) electrons. The zero-order valence-corrected chi connectivity index (χ0v) is 10.9. The quantitative estimate of drug-likeness (QED) is 0.639. The molecule has 0 aliphatic carbocycles. The van der Waals surface area contributed by atoms with Crippen molar-refractivity contribution in [2.75, 3.05) is 5.32 Å². The molecule has 1 atom stereocenters. The molecular weight excluding hydrogens is 248 g/mol. The summed E-state index contributed by atoms with van der Waals surface area (Å²) in [6, 6.07) is 3.85. The van der Waals surface area contributed by atoms with Gasteiger partial charge in [0.25, 0.3) is 0 Å². The summed E-state index contributed by atoms with van der Waals surface area (Å²) in [6.45, 7) is 1.97. The van der Waals surface area contributed by atoms with Gasteiger partial charge in [-0.25, -0.2) is 0 Å². The highest BCUT2D eigenvalue weighted by Gasteiger charge is 2.21. The van der Waals surface area contributed by atoms with E-state index in [4.69, 9.17) is 4.42 Å². The van der Waals surface area contributed by atoms with Crippen molar-refractivity contribution in [1.82, 2.24) is 9.55 Å².